The molecule has 2 aliphatic heterocycles. The first-order chi connectivity index (χ1) is 10.1. The summed E-state index contributed by atoms with van der Waals surface area (Å²) in [6, 6.07) is 7.52. The normalized spacial score (nSPS) is 22.0. The number of carbonyl (C=O) groups excluding carboxylic acids is 1. The Bertz CT molecular complexity index is 618. The maximum absolute atomic E-state index is 12.1. The molecule has 0 unspecified atom stereocenters. The van der Waals surface area contributed by atoms with Crippen LogP contribution in [0, 0.1) is 5.92 Å². The molecule has 3 rings (SSSR count). The number of benzene rings is 1. The molecule has 0 spiro atoms. The lowest BCUT2D eigenvalue weighted by atomic mass is 10.00. The van der Waals surface area contributed by atoms with Gasteiger partial charge in [0.05, 0.1) is 4.91 Å². The molecule has 1 saturated heterocycles. The van der Waals surface area contributed by atoms with Gasteiger partial charge < -0.3 is 4.90 Å². The first kappa shape index (κ1) is 14.7. The highest BCUT2D eigenvalue weighted by molar-refractivity contribution is 8.18. The van der Waals surface area contributed by atoms with E-state index in [1.54, 1.807) is 0 Å². The smallest absolute Gasteiger partial charge is 0.286 e. The Morgan fingerprint density at radius 2 is 2.05 bits per heavy atom. The Morgan fingerprint density at radius 1 is 1.33 bits per heavy atom. The fourth-order valence-electron chi connectivity index (χ4n) is 2.47. The van der Waals surface area contributed by atoms with Gasteiger partial charge in [0.15, 0.2) is 5.17 Å². The molecule has 0 atom stereocenters. The van der Waals surface area contributed by atoms with Crippen LogP contribution in [0.2, 0.25) is 5.02 Å². The summed E-state index contributed by atoms with van der Waals surface area (Å²) in [6.07, 6.45) is 4.16. The van der Waals surface area contributed by atoms with E-state index in [4.69, 9.17) is 11.6 Å². The summed E-state index contributed by atoms with van der Waals surface area (Å²) in [5, 5.41) is 1.49. The van der Waals surface area contributed by atoms with Crippen molar-refractivity contribution in [2.75, 3.05) is 13.1 Å². The average Bonchev–Trinajstić information content (AvgIpc) is 2.83. The van der Waals surface area contributed by atoms with Crippen LogP contribution in [-0.2, 0) is 4.79 Å². The number of likely N-dealkylation sites (tertiary alicyclic amines) is 1. The monoisotopic (exact) mass is 320 g/mol. The summed E-state index contributed by atoms with van der Waals surface area (Å²) in [7, 11) is 0. The van der Waals surface area contributed by atoms with Crippen LogP contribution in [0.25, 0.3) is 6.08 Å². The number of rotatable bonds is 1. The third-order valence-electron chi connectivity index (χ3n) is 3.86. The summed E-state index contributed by atoms with van der Waals surface area (Å²) in [6.45, 7) is 4.24. The van der Waals surface area contributed by atoms with Crippen molar-refractivity contribution >= 4 is 40.5 Å². The molecule has 0 radical (unpaired) electrons. The number of piperidine rings is 1. The van der Waals surface area contributed by atoms with Crippen LogP contribution in [0.3, 0.4) is 0 Å². The summed E-state index contributed by atoms with van der Waals surface area (Å²) in [5.74, 6) is 0.607. The number of amides is 1. The van der Waals surface area contributed by atoms with Crippen molar-refractivity contribution in [3.05, 3.63) is 39.8 Å². The van der Waals surface area contributed by atoms with Crippen molar-refractivity contribution in [1.82, 2.24) is 4.90 Å². The maximum atomic E-state index is 12.1. The topological polar surface area (TPSA) is 32.7 Å². The molecule has 5 heteroatoms. The van der Waals surface area contributed by atoms with Gasteiger partial charge in [-0.25, -0.2) is 0 Å². The fraction of sp³-hybridized carbons (Fsp3) is 0.375. The van der Waals surface area contributed by atoms with Crippen LogP contribution in [0.5, 0.6) is 0 Å². The zero-order chi connectivity index (χ0) is 14.8. The van der Waals surface area contributed by atoms with E-state index in [1.807, 2.05) is 30.3 Å². The van der Waals surface area contributed by atoms with Gasteiger partial charge in [-0.15, -0.1) is 0 Å². The van der Waals surface area contributed by atoms with Crippen molar-refractivity contribution in [3.63, 3.8) is 0 Å². The molecule has 1 fully saturated rings. The standard InChI is InChI=1S/C16H17ClN2OS/c1-11-6-8-19(9-7-11)16-18-15(20)14(21-16)10-12-4-2-3-5-13(12)17/h2-5,10-11H,6-9H2,1H3. The van der Waals surface area contributed by atoms with Gasteiger partial charge in [-0.1, -0.05) is 36.7 Å². The minimum Gasteiger partial charge on any atom is -0.351 e. The highest BCUT2D eigenvalue weighted by atomic mass is 35.5. The average molecular weight is 321 g/mol. The first-order valence-corrected chi connectivity index (χ1v) is 8.35. The number of nitrogens with zero attached hydrogens (tertiary/aromatic N) is 2. The van der Waals surface area contributed by atoms with Gasteiger partial charge in [-0.3, -0.25) is 4.79 Å². The molecule has 1 amide bonds. The summed E-state index contributed by atoms with van der Waals surface area (Å²) >= 11 is 7.60. The van der Waals surface area contributed by atoms with E-state index in [9.17, 15) is 4.79 Å². The van der Waals surface area contributed by atoms with Crippen molar-refractivity contribution in [2.45, 2.75) is 19.8 Å². The second-order valence-electron chi connectivity index (χ2n) is 5.50. The molecule has 2 heterocycles. The summed E-state index contributed by atoms with van der Waals surface area (Å²) < 4.78 is 0. The lowest BCUT2D eigenvalue weighted by Gasteiger charge is -2.30. The first-order valence-electron chi connectivity index (χ1n) is 7.15. The molecular formula is C16H17ClN2OS. The number of carbonyl (C=O) groups is 1. The van der Waals surface area contributed by atoms with Crippen LogP contribution >= 0.6 is 23.4 Å². The van der Waals surface area contributed by atoms with Gasteiger partial charge in [0.25, 0.3) is 5.91 Å². The minimum atomic E-state index is -0.159. The fourth-order valence-corrected chi connectivity index (χ4v) is 3.61. The molecule has 110 valence electrons. The van der Waals surface area contributed by atoms with Crippen molar-refractivity contribution < 1.29 is 4.79 Å². The lowest BCUT2D eigenvalue weighted by molar-refractivity contribution is -0.113. The minimum absolute atomic E-state index is 0.159. The molecule has 3 nitrogen and oxygen atoms in total. The van der Waals surface area contributed by atoms with Gasteiger partial charge in [0.2, 0.25) is 0 Å². The van der Waals surface area contributed by atoms with E-state index in [0.29, 0.717) is 9.93 Å². The largest absolute Gasteiger partial charge is 0.351 e. The maximum Gasteiger partial charge on any atom is 0.286 e. The second-order valence-corrected chi connectivity index (χ2v) is 6.92. The molecule has 0 aromatic heterocycles. The predicted octanol–water partition coefficient (Wildman–Crippen LogP) is 4.04. The summed E-state index contributed by atoms with van der Waals surface area (Å²) in [5.41, 5.74) is 0.860. The molecule has 0 N–H and O–H groups in total. The number of aliphatic imine (C=N–C) groups is 1. The van der Waals surface area contributed by atoms with Crippen LogP contribution in [0.4, 0.5) is 0 Å². The molecule has 21 heavy (non-hydrogen) atoms. The molecule has 0 bridgehead atoms. The molecular weight excluding hydrogens is 304 g/mol. The van der Waals surface area contributed by atoms with Gasteiger partial charge in [0.1, 0.15) is 0 Å². The van der Waals surface area contributed by atoms with Crippen molar-refractivity contribution in [1.29, 1.82) is 0 Å². The van der Waals surface area contributed by atoms with Crippen molar-refractivity contribution in [3.8, 4) is 0 Å². The molecule has 1 aromatic carbocycles. The van der Waals surface area contributed by atoms with Crippen LogP contribution in [-0.4, -0.2) is 29.1 Å². The molecule has 2 aliphatic rings. The van der Waals surface area contributed by atoms with E-state index < -0.39 is 0 Å². The Balaban J connectivity index is 1.74. The van der Waals surface area contributed by atoms with Crippen LogP contribution < -0.4 is 0 Å². The number of hydrogen-bond acceptors (Lipinski definition) is 3. The third kappa shape index (κ3) is 3.33. The Labute approximate surface area is 134 Å². The molecule has 1 aromatic rings. The quantitative estimate of drug-likeness (QED) is 0.732. The van der Waals surface area contributed by atoms with E-state index in [-0.39, 0.29) is 5.91 Å². The molecule has 0 aliphatic carbocycles. The molecule has 0 saturated carbocycles. The van der Waals surface area contributed by atoms with Gasteiger partial charge in [0, 0.05) is 18.1 Å². The Kier molecular flexibility index (Phi) is 4.36. The number of thioether (sulfide) groups is 1. The number of amidine groups is 1. The lowest BCUT2D eigenvalue weighted by Crippen LogP contribution is -2.35. The van der Waals surface area contributed by atoms with Gasteiger partial charge >= 0.3 is 0 Å². The van der Waals surface area contributed by atoms with Gasteiger partial charge in [-0.05, 0) is 48.2 Å². The Hall–Kier alpha value is -1.26. The van der Waals surface area contributed by atoms with E-state index in [0.717, 1.165) is 42.6 Å². The van der Waals surface area contributed by atoms with E-state index in [1.165, 1.54) is 11.8 Å². The Morgan fingerprint density at radius 3 is 2.76 bits per heavy atom. The summed E-state index contributed by atoms with van der Waals surface area (Å²) in [4.78, 5) is 19.1. The predicted molar refractivity (Wildman–Crippen MR) is 89.4 cm³/mol. The van der Waals surface area contributed by atoms with Crippen molar-refractivity contribution in [2.24, 2.45) is 10.9 Å². The van der Waals surface area contributed by atoms with Gasteiger partial charge in [-0.2, -0.15) is 4.99 Å². The van der Waals surface area contributed by atoms with Crippen LogP contribution in [0.15, 0.2) is 34.2 Å². The highest BCUT2D eigenvalue weighted by Crippen LogP contribution is 2.33. The van der Waals surface area contributed by atoms with Crippen LogP contribution in [0.1, 0.15) is 25.3 Å². The third-order valence-corrected chi connectivity index (χ3v) is 5.24. The highest BCUT2D eigenvalue weighted by Gasteiger charge is 2.28. The number of halogens is 1. The SMILES string of the molecule is CC1CCN(C2=NC(=O)C(=Cc3ccccc3Cl)S2)CC1. The van der Waals surface area contributed by atoms with E-state index in [2.05, 4.69) is 16.8 Å². The zero-order valence-corrected chi connectivity index (χ0v) is 13.5. The zero-order valence-electron chi connectivity index (χ0n) is 11.9. The van der Waals surface area contributed by atoms with E-state index >= 15 is 0 Å². The number of hydrogen-bond donors (Lipinski definition) is 0. The second kappa shape index (κ2) is 6.24.